The van der Waals surface area contributed by atoms with Gasteiger partial charge >= 0.3 is 0 Å². The lowest BCUT2D eigenvalue weighted by molar-refractivity contribution is 0.916. The summed E-state index contributed by atoms with van der Waals surface area (Å²) in [5, 5.41) is 2.91. The predicted molar refractivity (Wildman–Crippen MR) is 45.0 cm³/mol. The van der Waals surface area contributed by atoms with Crippen molar-refractivity contribution in [3.8, 4) is 0 Å². The molecule has 0 bridgehead atoms. The van der Waals surface area contributed by atoms with Crippen LogP contribution in [0.5, 0.6) is 0 Å². The zero-order valence-electron chi connectivity index (χ0n) is 6.65. The minimum absolute atomic E-state index is 0.467. The summed E-state index contributed by atoms with van der Waals surface area (Å²) in [5.41, 5.74) is 6.50. The molecule has 0 radical (unpaired) electrons. The molecule has 3 N–H and O–H groups in total. The van der Waals surface area contributed by atoms with Crippen LogP contribution in [0.3, 0.4) is 0 Å². The van der Waals surface area contributed by atoms with Gasteiger partial charge in [-0.05, 0) is 6.42 Å². The van der Waals surface area contributed by atoms with Crippen molar-refractivity contribution in [2.45, 2.75) is 13.3 Å². The van der Waals surface area contributed by atoms with E-state index in [2.05, 4.69) is 23.8 Å². The molecule has 0 fully saturated rings. The van der Waals surface area contributed by atoms with Crippen LogP contribution in [0.25, 0.3) is 0 Å². The fourth-order valence-electron chi connectivity index (χ4n) is 0.420. The Labute approximate surface area is 62.0 Å². The van der Waals surface area contributed by atoms with E-state index >= 15 is 0 Å². The van der Waals surface area contributed by atoms with Gasteiger partial charge in [-0.15, -0.1) is 0 Å². The zero-order valence-corrected chi connectivity index (χ0v) is 6.65. The molecule has 0 aliphatic heterocycles. The minimum atomic E-state index is 0.467. The van der Waals surface area contributed by atoms with Gasteiger partial charge in [0, 0.05) is 13.6 Å². The maximum atomic E-state index is 5.37. The molecule has 0 spiro atoms. The highest BCUT2D eigenvalue weighted by Gasteiger charge is 1.90. The Balaban J connectivity index is 3.45. The zero-order chi connectivity index (χ0) is 7.98. The van der Waals surface area contributed by atoms with Gasteiger partial charge in [0.05, 0.1) is 0 Å². The summed E-state index contributed by atoms with van der Waals surface area (Å²) in [6, 6.07) is 0. The van der Waals surface area contributed by atoms with Crippen molar-refractivity contribution in [3.63, 3.8) is 0 Å². The number of nitrogens with two attached hydrogens (primary N) is 1. The van der Waals surface area contributed by atoms with Crippen molar-refractivity contribution in [1.82, 2.24) is 5.32 Å². The Morgan fingerprint density at radius 2 is 2.30 bits per heavy atom. The normalized spacial score (nSPS) is 11.2. The van der Waals surface area contributed by atoms with E-state index in [0.29, 0.717) is 5.96 Å². The Bertz CT molecular complexity index is 138. The molecule has 0 rings (SSSR count). The number of nitrogens with one attached hydrogen (secondary N) is 1. The Hall–Kier alpha value is -0.990. The van der Waals surface area contributed by atoms with Crippen LogP contribution < -0.4 is 11.1 Å². The maximum absolute atomic E-state index is 5.37. The smallest absolute Gasteiger partial charge is 0.188 e. The maximum Gasteiger partial charge on any atom is 0.188 e. The largest absolute Gasteiger partial charge is 0.370 e. The summed E-state index contributed by atoms with van der Waals surface area (Å²) in [7, 11) is 1.65. The van der Waals surface area contributed by atoms with Crippen molar-refractivity contribution >= 4 is 5.96 Å². The summed E-state index contributed by atoms with van der Waals surface area (Å²) in [4.78, 5) is 3.74. The summed E-state index contributed by atoms with van der Waals surface area (Å²) < 4.78 is 0. The minimum Gasteiger partial charge on any atom is -0.370 e. The fraction of sp³-hybridized carbons (Fsp3) is 0.571. The van der Waals surface area contributed by atoms with Gasteiger partial charge in [-0.25, -0.2) is 0 Å². The molecular formula is C7H15N3. The summed E-state index contributed by atoms with van der Waals surface area (Å²) in [6.45, 7) is 6.59. The first-order chi connectivity index (χ1) is 4.70. The third kappa shape index (κ3) is 3.95. The van der Waals surface area contributed by atoms with E-state index in [-0.39, 0.29) is 0 Å². The van der Waals surface area contributed by atoms with Crippen LogP contribution in [0.1, 0.15) is 13.3 Å². The molecule has 0 saturated carbocycles. The summed E-state index contributed by atoms with van der Waals surface area (Å²) >= 11 is 0. The number of nitrogens with zero attached hydrogens (tertiary/aromatic N) is 1. The van der Waals surface area contributed by atoms with E-state index < -0.39 is 0 Å². The van der Waals surface area contributed by atoms with Crippen molar-refractivity contribution in [2.24, 2.45) is 10.7 Å². The van der Waals surface area contributed by atoms with Crippen molar-refractivity contribution in [2.75, 3.05) is 13.6 Å². The van der Waals surface area contributed by atoms with Crippen LogP contribution in [0, 0.1) is 0 Å². The number of hydrogen-bond donors (Lipinski definition) is 2. The Morgan fingerprint density at radius 3 is 2.70 bits per heavy atom. The van der Waals surface area contributed by atoms with E-state index in [0.717, 1.165) is 18.5 Å². The van der Waals surface area contributed by atoms with Crippen molar-refractivity contribution in [1.29, 1.82) is 0 Å². The molecule has 0 aliphatic rings. The molecule has 0 saturated heterocycles. The first-order valence-electron chi connectivity index (χ1n) is 3.33. The van der Waals surface area contributed by atoms with Gasteiger partial charge in [-0.2, -0.15) is 0 Å². The van der Waals surface area contributed by atoms with Gasteiger partial charge in [-0.1, -0.05) is 19.1 Å². The lowest BCUT2D eigenvalue weighted by Gasteiger charge is -2.04. The van der Waals surface area contributed by atoms with Crippen molar-refractivity contribution < 1.29 is 0 Å². The van der Waals surface area contributed by atoms with Crippen LogP contribution >= 0.6 is 0 Å². The summed E-state index contributed by atoms with van der Waals surface area (Å²) in [5.74, 6) is 0.467. The lowest BCUT2D eigenvalue weighted by Crippen LogP contribution is -2.32. The highest BCUT2D eigenvalue weighted by atomic mass is 15.1. The SMILES string of the molecule is C=C(CC)CNC(N)=NC. The van der Waals surface area contributed by atoms with Gasteiger partial charge in [-0.3, -0.25) is 4.99 Å². The van der Waals surface area contributed by atoms with Crippen LogP contribution in [0.15, 0.2) is 17.1 Å². The van der Waals surface area contributed by atoms with Gasteiger partial charge in [0.2, 0.25) is 0 Å². The quantitative estimate of drug-likeness (QED) is 0.341. The third-order valence-corrected chi connectivity index (χ3v) is 1.26. The molecule has 58 valence electrons. The van der Waals surface area contributed by atoms with E-state index in [1.54, 1.807) is 7.05 Å². The molecule has 3 heteroatoms. The molecule has 0 aromatic rings. The van der Waals surface area contributed by atoms with E-state index in [1.165, 1.54) is 0 Å². The summed E-state index contributed by atoms with van der Waals surface area (Å²) in [6.07, 6.45) is 0.976. The number of aliphatic imine (C=N–C) groups is 1. The second-order valence-electron chi connectivity index (χ2n) is 2.07. The Morgan fingerprint density at radius 1 is 1.70 bits per heavy atom. The third-order valence-electron chi connectivity index (χ3n) is 1.26. The van der Waals surface area contributed by atoms with E-state index in [1.807, 2.05) is 0 Å². The van der Waals surface area contributed by atoms with E-state index in [9.17, 15) is 0 Å². The fourth-order valence-corrected chi connectivity index (χ4v) is 0.420. The van der Waals surface area contributed by atoms with Crippen LogP contribution in [-0.2, 0) is 0 Å². The molecule has 3 nitrogen and oxygen atoms in total. The molecule has 0 aromatic heterocycles. The molecule has 0 amide bonds. The van der Waals surface area contributed by atoms with Gasteiger partial charge in [0.25, 0.3) is 0 Å². The average molecular weight is 141 g/mol. The monoisotopic (exact) mass is 141 g/mol. The van der Waals surface area contributed by atoms with Crippen LogP contribution in [0.2, 0.25) is 0 Å². The Kier molecular flexibility index (Phi) is 4.37. The van der Waals surface area contributed by atoms with Crippen molar-refractivity contribution in [3.05, 3.63) is 12.2 Å². The van der Waals surface area contributed by atoms with Gasteiger partial charge in [0.1, 0.15) is 0 Å². The molecular weight excluding hydrogens is 126 g/mol. The van der Waals surface area contributed by atoms with E-state index in [4.69, 9.17) is 5.73 Å². The number of guanidine groups is 1. The molecule has 0 unspecified atom stereocenters. The number of hydrogen-bond acceptors (Lipinski definition) is 1. The molecule has 0 atom stereocenters. The highest BCUT2D eigenvalue weighted by Crippen LogP contribution is 1.91. The number of rotatable bonds is 3. The van der Waals surface area contributed by atoms with Gasteiger partial charge < -0.3 is 11.1 Å². The highest BCUT2D eigenvalue weighted by molar-refractivity contribution is 5.77. The first-order valence-corrected chi connectivity index (χ1v) is 3.33. The second-order valence-corrected chi connectivity index (χ2v) is 2.07. The second kappa shape index (κ2) is 4.85. The topological polar surface area (TPSA) is 50.4 Å². The predicted octanol–water partition coefficient (Wildman–Crippen LogP) is 0.487. The molecule has 0 aliphatic carbocycles. The average Bonchev–Trinajstić information content (AvgIpc) is 1.99. The molecule has 0 heterocycles. The van der Waals surface area contributed by atoms with Crippen LogP contribution in [-0.4, -0.2) is 19.6 Å². The van der Waals surface area contributed by atoms with Crippen LogP contribution in [0.4, 0.5) is 0 Å². The van der Waals surface area contributed by atoms with Gasteiger partial charge in [0.15, 0.2) is 5.96 Å². The lowest BCUT2D eigenvalue weighted by atomic mass is 10.2. The standard InChI is InChI=1S/C7H15N3/c1-4-6(2)5-10-7(8)9-3/h2,4-5H2,1,3H3,(H3,8,9,10). The first kappa shape index (κ1) is 9.01. The molecule has 10 heavy (non-hydrogen) atoms. The molecule has 0 aromatic carbocycles.